The van der Waals surface area contributed by atoms with E-state index in [0.717, 1.165) is 56.0 Å². The second-order valence-corrected chi connectivity index (χ2v) is 17.3. The molecule has 13 aromatic rings. The van der Waals surface area contributed by atoms with Crippen molar-refractivity contribution in [1.29, 1.82) is 0 Å². The van der Waals surface area contributed by atoms with Crippen LogP contribution in [0.15, 0.2) is 249 Å². The summed E-state index contributed by atoms with van der Waals surface area (Å²) in [6.07, 6.45) is 0. The van der Waals surface area contributed by atoms with Crippen LogP contribution in [-0.4, -0.2) is 14.5 Å². The van der Waals surface area contributed by atoms with Crippen LogP contribution in [0.1, 0.15) is 0 Å². The molecule has 0 saturated heterocycles. The minimum absolute atomic E-state index is 0.677. The fourth-order valence-corrected chi connectivity index (χ4v) is 10.2. The molecule has 11 aromatic carbocycles. The minimum Gasteiger partial charge on any atom is -0.309 e. The summed E-state index contributed by atoms with van der Waals surface area (Å²) in [4.78, 5) is 10.8. The molecule has 2 heterocycles. The predicted molar refractivity (Wildman–Crippen MR) is 282 cm³/mol. The van der Waals surface area contributed by atoms with Gasteiger partial charge in [-0.15, -0.1) is 0 Å². The van der Waals surface area contributed by atoms with E-state index >= 15 is 0 Å². The molecule has 0 saturated carbocycles. The maximum Gasteiger partial charge on any atom is 0.160 e. The van der Waals surface area contributed by atoms with Gasteiger partial charge in [0.15, 0.2) is 5.82 Å². The third kappa shape index (κ3) is 6.67. The quantitative estimate of drug-likeness (QED) is 0.118. The fourth-order valence-electron chi connectivity index (χ4n) is 10.2. The maximum atomic E-state index is 5.43. The van der Waals surface area contributed by atoms with Gasteiger partial charge >= 0.3 is 0 Å². The van der Waals surface area contributed by atoms with Gasteiger partial charge in [-0.05, 0) is 108 Å². The van der Waals surface area contributed by atoms with Gasteiger partial charge in [0, 0.05) is 33.2 Å². The Morgan fingerprint density at radius 3 is 1.64 bits per heavy atom. The van der Waals surface area contributed by atoms with Gasteiger partial charge in [-0.1, -0.05) is 206 Å². The summed E-state index contributed by atoms with van der Waals surface area (Å²) in [5, 5.41) is 9.89. The lowest BCUT2D eigenvalue weighted by Crippen LogP contribution is -1.97. The normalized spacial score (nSPS) is 11.6. The number of nitrogens with zero attached hydrogens (tertiary/aromatic N) is 3. The molecule has 0 fully saturated rings. The predicted octanol–water partition coefficient (Wildman–Crippen LogP) is 17.0. The van der Waals surface area contributed by atoms with Crippen LogP contribution < -0.4 is 0 Å². The largest absolute Gasteiger partial charge is 0.309 e. The highest BCUT2D eigenvalue weighted by Gasteiger charge is 2.18. The highest BCUT2D eigenvalue weighted by atomic mass is 15.0. The Bertz CT molecular complexity index is 4000. The van der Waals surface area contributed by atoms with Crippen LogP contribution in [0.3, 0.4) is 0 Å². The van der Waals surface area contributed by atoms with Gasteiger partial charge in [0.2, 0.25) is 0 Å². The Labute approximate surface area is 388 Å². The van der Waals surface area contributed by atoms with Crippen LogP contribution in [0, 0.1) is 0 Å². The lowest BCUT2D eigenvalue weighted by molar-refractivity contribution is 1.18. The van der Waals surface area contributed by atoms with Crippen molar-refractivity contribution in [2.24, 2.45) is 0 Å². The van der Waals surface area contributed by atoms with Gasteiger partial charge < -0.3 is 4.57 Å². The molecule has 3 heteroatoms. The van der Waals surface area contributed by atoms with E-state index in [0.29, 0.717) is 5.82 Å². The molecule has 3 nitrogen and oxygen atoms in total. The summed E-state index contributed by atoms with van der Waals surface area (Å²) in [5.74, 6) is 0.677. The third-order valence-electron chi connectivity index (χ3n) is 13.4. The van der Waals surface area contributed by atoms with Crippen LogP contribution in [0.5, 0.6) is 0 Å². The molecule has 312 valence electrons. The molecule has 0 spiro atoms. The molecule has 0 aliphatic rings. The number of para-hydroxylation sites is 2. The van der Waals surface area contributed by atoms with Crippen LogP contribution in [0.2, 0.25) is 0 Å². The van der Waals surface area contributed by atoms with Crippen molar-refractivity contribution in [3.63, 3.8) is 0 Å². The van der Waals surface area contributed by atoms with Crippen molar-refractivity contribution in [3.8, 4) is 73.0 Å². The Hall–Kier alpha value is -8.92. The first-order valence-corrected chi connectivity index (χ1v) is 22.9. The van der Waals surface area contributed by atoms with Gasteiger partial charge in [-0.2, -0.15) is 0 Å². The van der Waals surface area contributed by atoms with E-state index in [4.69, 9.17) is 9.97 Å². The molecule has 67 heavy (non-hydrogen) atoms. The van der Waals surface area contributed by atoms with E-state index in [2.05, 4.69) is 253 Å². The molecular weight excluding hydrogens is 811 g/mol. The van der Waals surface area contributed by atoms with Crippen LogP contribution >= 0.6 is 0 Å². The zero-order valence-electron chi connectivity index (χ0n) is 36.5. The highest BCUT2D eigenvalue weighted by Crippen LogP contribution is 2.42. The van der Waals surface area contributed by atoms with Crippen molar-refractivity contribution in [1.82, 2.24) is 14.5 Å². The molecule has 0 radical (unpaired) electrons. The zero-order valence-corrected chi connectivity index (χ0v) is 36.5. The highest BCUT2D eigenvalue weighted by molar-refractivity contribution is 6.20. The second kappa shape index (κ2) is 16.0. The molecule has 2 aromatic heterocycles. The van der Waals surface area contributed by atoms with E-state index in [1.807, 2.05) is 0 Å². The summed E-state index contributed by atoms with van der Waals surface area (Å²) < 4.78 is 2.36. The van der Waals surface area contributed by atoms with Gasteiger partial charge in [-0.25, -0.2) is 9.97 Å². The summed E-state index contributed by atoms with van der Waals surface area (Å²) >= 11 is 0. The first-order chi connectivity index (χ1) is 33.2. The molecule has 0 amide bonds. The van der Waals surface area contributed by atoms with E-state index < -0.39 is 0 Å². The molecule has 0 unspecified atom stereocenters. The van der Waals surface area contributed by atoms with E-state index in [-0.39, 0.29) is 0 Å². The standard InChI is InChI=1S/C64H41N3/c1-3-15-42(16-4-1)43-27-29-45(30-28-43)59-41-60(54-24-12-11-22-52(54)49-36-38-62-58(40-49)55-25-13-14-26-61(55)67(62)50-19-5-2-6-20-50)66-64(65-59)47-33-31-46(32-34-47)63-53-23-10-8-18-48(53)39-57-51-21-9-7-17-44(51)35-37-56(57)63/h1-41H. The molecular formula is C64H41N3. The SMILES string of the molecule is c1ccc(-c2ccc(-c3cc(-c4ccccc4-c4ccc5c(c4)c4ccccc4n5-c4ccccc4)nc(-c4ccc(-c5c6ccccc6cc6c5ccc5ccccc56)cc4)n3)cc2)cc1. The fraction of sp³-hybridized carbons (Fsp3) is 0. The van der Waals surface area contributed by atoms with Crippen LogP contribution in [0.4, 0.5) is 0 Å². The number of rotatable bonds is 7. The summed E-state index contributed by atoms with van der Waals surface area (Å²) in [6, 6.07) is 89.4. The van der Waals surface area contributed by atoms with Crippen molar-refractivity contribution < 1.29 is 0 Å². The van der Waals surface area contributed by atoms with Crippen LogP contribution in [0.25, 0.3) is 127 Å². The van der Waals surface area contributed by atoms with Crippen LogP contribution in [-0.2, 0) is 0 Å². The lowest BCUT2D eigenvalue weighted by atomic mass is 9.89. The Morgan fingerprint density at radius 2 is 0.836 bits per heavy atom. The minimum atomic E-state index is 0.677. The lowest BCUT2D eigenvalue weighted by Gasteiger charge is -2.15. The topological polar surface area (TPSA) is 30.7 Å². The molecule has 0 aliphatic heterocycles. The Kier molecular flexibility index (Phi) is 9.17. The molecule has 0 bridgehead atoms. The summed E-state index contributed by atoms with van der Waals surface area (Å²) in [5.41, 5.74) is 15.3. The Morgan fingerprint density at radius 1 is 0.269 bits per heavy atom. The van der Waals surface area contributed by atoms with E-state index in [9.17, 15) is 0 Å². The van der Waals surface area contributed by atoms with E-state index in [1.54, 1.807) is 0 Å². The second-order valence-electron chi connectivity index (χ2n) is 17.3. The summed E-state index contributed by atoms with van der Waals surface area (Å²) in [7, 11) is 0. The average Bonchev–Trinajstić information content (AvgIpc) is 3.74. The van der Waals surface area contributed by atoms with Gasteiger partial charge in [0.05, 0.1) is 22.4 Å². The van der Waals surface area contributed by atoms with Gasteiger partial charge in [0.1, 0.15) is 0 Å². The van der Waals surface area contributed by atoms with E-state index in [1.165, 1.54) is 65.3 Å². The van der Waals surface area contributed by atoms with Crippen molar-refractivity contribution in [2.45, 2.75) is 0 Å². The zero-order chi connectivity index (χ0) is 44.3. The molecule has 0 N–H and O–H groups in total. The number of hydrogen-bond donors (Lipinski definition) is 0. The molecule has 0 aliphatic carbocycles. The first-order valence-electron chi connectivity index (χ1n) is 22.9. The smallest absolute Gasteiger partial charge is 0.160 e. The van der Waals surface area contributed by atoms with Crippen molar-refractivity contribution in [3.05, 3.63) is 249 Å². The number of aromatic nitrogens is 3. The number of fused-ring (bicyclic) bond motifs is 7. The average molecular weight is 852 g/mol. The summed E-state index contributed by atoms with van der Waals surface area (Å²) in [6.45, 7) is 0. The Balaban J connectivity index is 0.963. The van der Waals surface area contributed by atoms with Crippen molar-refractivity contribution in [2.75, 3.05) is 0 Å². The first kappa shape index (κ1) is 38.5. The number of hydrogen-bond acceptors (Lipinski definition) is 2. The number of benzene rings is 11. The maximum absolute atomic E-state index is 5.43. The monoisotopic (exact) mass is 851 g/mol. The van der Waals surface area contributed by atoms with Crippen molar-refractivity contribution >= 4 is 54.1 Å². The molecule has 0 atom stereocenters. The molecule has 13 rings (SSSR count). The van der Waals surface area contributed by atoms with Gasteiger partial charge in [-0.3, -0.25) is 0 Å². The van der Waals surface area contributed by atoms with Gasteiger partial charge in [0.25, 0.3) is 0 Å². The third-order valence-corrected chi connectivity index (χ3v) is 13.4.